The summed E-state index contributed by atoms with van der Waals surface area (Å²) < 4.78 is 0. The van der Waals surface area contributed by atoms with E-state index in [4.69, 9.17) is 0 Å². The van der Waals surface area contributed by atoms with Crippen LogP contribution in [0.15, 0.2) is 54.6 Å². The Hall–Kier alpha value is -3.74. The van der Waals surface area contributed by atoms with E-state index in [1.807, 2.05) is 37.3 Å². The average molecular weight is 418 g/mol. The Bertz CT molecular complexity index is 1060. The molecule has 2 aromatic carbocycles. The monoisotopic (exact) mass is 417 g/mol. The summed E-state index contributed by atoms with van der Waals surface area (Å²) in [6.07, 6.45) is 0. The molecule has 0 bridgehead atoms. The minimum absolute atomic E-state index is 0.0295. The molecule has 2 N–H and O–H groups in total. The number of aryl methyl sites for hydroxylation is 1. The van der Waals surface area contributed by atoms with Crippen molar-refractivity contribution >= 4 is 34.7 Å². The highest BCUT2D eigenvalue weighted by Crippen LogP contribution is 2.21. The summed E-state index contributed by atoms with van der Waals surface area (Å²) in [5.74, 6) is 2.05. The van der Waals surface area contributed by atoms with Gasteiger partial charge in [-0.3, -0.25) is 9.59 Å². The molecule has 0 spiro atoms. The van der Waals surface area contributed by atoms with Gasteiger partial charge in [-0.2, -0.15) is 0 Å². The molecule has 0 saturated carbocycles. The second-order valence-electron chi connectivity index (χ2n) is 7.12. The number of carbonyl (C=O) groups is 2. The Morgan fingerprint density at radius 3 is 2.03 bits per heavy atom. The van der Waals surface area contributed by atoms with E-state index in [1.165, 1.54) is 6.92 Å². The van der Waals surface area contributed by atoms with E-state index in [0.717, 1.165) is 30.4 Å². The number of rotatable bonds is 8. The fourth-order valence-corrected chi connectivity index (χ4v) is 3.17. The predicted molar refractivity (Wildman–Crippen MR) is 124 cm³/mol. The molecule has 3 rings (SSSR count). The van der Waals surface area contributed by atoms with Crippen LogP contribution in [0.2, 0.25) is 0 Å². The summed E-state index contributed by atoms with van der Waals surface area (Å²) in [5.41, 5.74) is 2.60. The van der Waals surface area contributed by atoms with Gasteiger partial charge in [0.25, 0.3) is 5.91 Å². The lowest BCUT2D eigenvalue weighted by atomic mass is 10.1. The van der Waals surface area contributed by atoms with Gasteiger partial charge in [0.05, 0.1) is 0 Å². The van der Waals surface area contributed by atoms with E-state index in [1.54, 1.807) is 24.3 Å². The van der Waals surface area contributed by atoms with Crippen molar-refractivity contribution in [3.05, 3.63) is 71.5 Å². The molecule has 7 nitrogen and oxygen atoms in total. The third kappa shape index (κ3) is 5.66. The molecule has 0 saturated heterocycles. The zero-order chi connectivity index (χ0) is 22.4. The quantitative estimate of drug-likeness (QED) is 0.511. The van der Waals surface area contributed by atoms with Crippen LogP contribution in [0.5, 0.6) is 0 Å². The van der Waals surface area contributed by atoms with Gasteiger partial charge in [-0.05, 0) is 64.1 Å². The normalized spacial score (nSPS) is 10.5. The topological polar surface area (TPSA) is 87.2 Å². The summed E-state index contributed by atoms with van der Waals surface area (Å²) in [6.45, 7) is 9.31. The number of benzene rings is 2. The smallest absolute Gasteiger partial charge is 0.255 e. The summed E-state index contributed by atoms with van der Waals surface area (Å²) in [7, 11) is 0. The Labute approximate surface area is 182 Å². The minimum Gasteiger partial charge on any atom is -0.357 e. The van der Waals surface area contributed by atoms with Crippen molar-refractivity contribution in [1.82, 2.24) is 9.97 Å². The molecule has 1 aromatic heterocycles. The zero-order valence-corrected chi connectivity index (χ0v) is 18.3. The Kier molecular flexibility index (Phi) is 6.97. The van der Waals surface area contributed by atoms with Crippen LogP contribution in [0.4, 0.5) is 23.0 Å². The standard InChI is InChI=1S/C24H27N5O2/c1-5-29(6-2)23-15-22(25-17(4)26-23)27-20-11-13-21(14-12-20)28-24(31)19-9-7-18(8-10-19)16(3)30/h7-15H,5-6H2,1-4H3,(H,28,31)(H,25,26,27). The number of hydrogen-bond donors (Lipinski definition) is 2. The maximum atomic E-state index is 12.4. The predicted octanol–water partition coefficient (Wildman–Crippen LogP) is 4.83. The van der Waals surface area contributed by atoms with Crippen LogP contribution >= 0.6 is 0 Å². The SMILES string of the molecule is CCN(CC)c1cc(Nc2ccc(NC(=O)c3ccc(C(C)=O)cc3)cc2)nc(C)n1. The van der Waals surface area contributed by atoms with Crippen molar-refractivity contribution in [3.63, 3.8) is 0 Å². The molecular formula is C24H27N5O2. The molecular weight excluding hydrogens is 390 g/mol. The maximum Gasteiger partial charge on any atom is 0.255 e. The van der Waals surface area contributed by atoms with Gasteiger partial charge in [0.2, 0.25) is 0 Å². The van der Waals surface area contributed by atoms with Crippen LogP contribution in [-0.4, -0.2) is 34.7 Å². The van der Waals surface area contributed by atoms with Crippen molar-refractivity contribution in [1.29, 1.82) is 0 Å². The summed E-state index contributed by atoms with van der Waals surface area (Å²) >= 11 is 0. The van der Waals surface area contributed by atoms with Gasteiger partial charge in [0.1, 0.15) is 17.5 Å². The number of anilines is 4. The highest BCUT2D eigenvalue weighted by Gasteiger charge is 2.09. The van der Waals surface area contributed by atoms with E-state index in [9.17, 15) is 9.59 Å². The summed E-state index contributed by atoms with van der Waals surface area (Å²) in [5, 5.41) is 6.16. The van der Waals surface area contributed by atoms with Gasteiger partial charge in [-0.15, -0.1) is 0 Å². The van der Waals surface area contributed by atoms with Crippen molar-refractivity contribution in [2.24, 2.45) is 0 Å². The van der Waals surface area contributed by atoms with Crippen LogP contribution in [0.25, 0.3) is 0 Å². The van der Waals surface area contributed by atoms with Crippen molar-refractivity contribution < 1.29 is 9.59 Å². The van der Waals surface area contributed by atoms with Gasteiger partial charge in [-0.25, -0.2) is 9.97 Å². The van der Waals surface area contributed by atoms with Gasteiger partial charge in [-0.1, -0.05) is 12.1 Å². The number of amides is 1. The van der Waals surface area contributed by atoms with Crippen LogP contribution < -0.4 is 15.5 Å². The highest BCUT2D eigenvalue weighted by atomic mass is 16.1. The lowest BCUT2D eigenvalue weighted by Crippen LogP contribution is -2.23. The molecule has 0 aliphatic rings. The first-order valence-electron chi connectivity index (χ1n) is 10.3. The van der Waals surface area contributed by atoms with Gasteiger partial charge in [0.15, 0.2) is 5.78 Å². The molecule has 0 radical (unpaired) electrons. The molecule has 0 aliphatic heterocycles. The fourth-order valence-electron chi connectivity index (χ4n) is 3.17. The molecule has 160 valence electrons. The lowest BCUT2D eigenvalue weighted by molar-refractivity contribution is 0.101. The molecule has 3 aromatic rings. The van der Waals surface area contributed by atoms with E-state index in [2.05, 4.69) is 39.3 Å². The van der Waals surface area contributed by atoms with Crippen molar-refractivity contribution in [2.45, 2.75) is 27.7 Å². The average Bonchev–Trinajstić information content (AvgIpc) is 2.75. The number of aromatic nitrogens is 2. The molecule has 1 amide bonds. The maximum absolute atomic E-state index is 12.4. The lowest BCUT2D eigenvalue weighted by Gasteiger charge is -2.20. The summed E-state index contributed by atoms with van der Waals surface area (Å²) in [4.78, 5) is 35.0. The number of hydrogen-bond acceptors (Lipinski definition) is 6. The van der Waals surface area contributed by atoms with Gasteiger partial charge >= 0.3 is 0 Å². The van der Waals surface area contributed by atoms with Crippen molar-refractivity contribution in [3.8, 4) is 0 Å². The minimum atomic E-state index is -0.230. The first kappa shape index (κ1) is 22.0. The number of carbonyl (C=O) groups excluding carboxylic acids is 2. The largest absolute Gasteiger partial charge is 0.357 e. The number of nitrogens with zero attached hydrogens (tertiary/aromatic N) is 3. The Morgan fingerprint density at radius 1 is 0.871 bits per heavy atom. The third-order valence-electron chi connectivity index (χ3n) is 4.88. The first-order valence-corrected chi connectivity index (χ1v) is 10.3. The zero-order valence-electron chi connectivity index (χ0n) is 18.3. The molecule has 7 heteroatoms. The fraction of sp³-hybridized carbons (Fsp3) is 0.250. The number of nitrogens with one attached hydrogen (secondary N) is 2. The summed E-state index contributed by atoms with van der Waals surface area (Å²) in [6, 6.07) is 15.9. The molecule has 31 heavy (non-hydrogen) atoms. The van der Waals surface area contributed by atoms with Crippen LogP contribution in [0, 0.1) is 6.92 Å². The molecule has 0 atom stereocenters. The Balaban J connectivity index is 1.68. The molecule has 1 heterocycles. The van der Waals surface area contributed by atoms with Gasteiger partial charge < -0.3 is 15.5 Å². The highest BCUT2D eigenvalue weighted by molar-refractivity contribution is 6.05. The first-order chi connectivity index (χ1) is 14.9. The molecule has 0 fully saturated rings. The number of Topliss-reactive ketones (excluding diaryl/α,β-unsaturated/α-hetero) is 1. The van der Waals surface area contributed by atoms with Gasteiger partial charge in [0, 0.05) is 41.7 Å². The van der Waals surface area contributed by atoms with Crippen LogP contribution in [0.3, 0.4) is 0 Å². The number of ketones is 1. The second kappa shape index (κ2) is 9.84. The van der Waals surface area contributed by atoms with Crippen molar-refractivity contribution in [2.75, 3.05) is 28.6 Å². The van der Waals surface area contributed by atoms with Crippen LogP contribution in [0.1, 0.15) is 47.3 Å². The second-order valence-corrected chi connectivity index (χ2v) is 7.12. The third-order valence-corrected chi connectivity index (χ3v) is 4.88. The van der Waals surface area contributed by atoms with E-state index in [-0.39, 0.29) is 11.7 Å². The van der Waals surface area contributed by atoms with E-state index < -0.39 is 0 Å². The Morgan fingerprint density at radius 2 is 1.45 bits per heavy atom. The molecule has 0 aliphatic carbocycles. The van der Waals surface area contributed by atoms with E-state index in [0.29, 0.717) is 22.6 Å². The van der Waals surface area contributed by atoms with E-state index >= 15 is 0 Å². The molecule has 0 unspecified atom stereocenters. The van der Waals surface area contributed by atoms with Crippen LogP contribution in [-0.2, 0) is 0 Å².